The maximum Gasteiger partial charge on any atom is 0.124 e. The number of phenolic OH excluding ortho intramolecular Hbond substituents is 2. The van der Waals surface area contributed by atoms with Gasteiger partial charge in [-0.2, -0.15) is 0 Å². The predicted octanol–water partition coefficient (Wildman–Crippen LogP) is 4.11. The fourth-order valence-corrected chi connectivity index (χ4v) is 2.22. The fraction of sp³-hybridized carbons (Fsp3) is 0.300. The molecule has 0 radical (unpaired) electrons. The molecular weight excluding hydrogens is 300 g/mol. The first-order chi connectivity index (χ1) is 11.3. The van der Waals surface area contributed by atoms with Gasteiger partial charge in [0.1, 0.15) is 11.5 Å². The Kier molecular flexibility index (Phi) is 5.39. The average molecular weight is 324 g/mol. The Morgan fingerprint density at radius 3 is 2.46 bits per heavy atom. The van der Waals surface area contributed by atoms with E-state index in [4.69, 9.17) is 0 Å². The smallest absolute Gasteiger partial charge is 0.124 e. The number of hydrogen-bond donors (Lipinski definition) is 2. The summed E-state index contributed by atoms with van der Waals surface area (Å²) in [4.78, 5) is 9.11. The van der Waals surface area contributed by atoms with Gasteiger partial charge in [0.25, 0.3) is 0 Å². The third-order valence-corrected chi connectivity index (χ3v) is 3.74. The molecule has 0 bridgehead atoms. The first kappa shape index (κ1) is 17.7. The van der Waals surface area contributed by atoms with Crippen LogP contribution in [0, 0.1) is 6.92 Å². The van der Waals surface area contributed by atoms with Crippen molar-refractivity contribution in [3.63, 3.8) is 0 Å². The van der Waals surface area contributed by atoms with Crippen LogP contribution in [0.15, 0.2) is 52.4 Å². The lowest BCUT2D eigenvalue weighted by atomic mass is 10.1. The van der Waals surface area contributed by atoms with Crippen molar-refractivity contribution >= 4 is 11.9 Å². The molecule has 126 valence electrons. The molecule has 4 heteroatoms. The SMILES string of the molecule is CC(=NCC(C)(C)N=Cc1ccc(C)cc1O)c1ccccc1O. The summed E-state index contributed by atoms with van der Waals surface area (Å²) in [6.45, 7) is 8.25. The van der Waals surface area contributed by atoms with Crippen LogP contribution in [-0.4, -0.2) is 34.2 Å². The molecule has 2 N–H and O–H groups in total. The van der Waals surface area contributed by atoms with Gasteiger partial charge in [0, 0.05) is 23.1 Å². The topological polar surface area (TPSA) is 65.2 Å². The summed E-state index contributed by atoms with van der Waals surface area (Å²) >= 11 is 0. The van der Waals surface area contributed by atoms with E-state index in [2.05, 4.69) is 9.98 Å². The molecular formula is C20H24N2O2. The molecule has 2 aromatic rings. The third-order valence-electron chi connectivity index (χ3n) is 3.74. The molecule has 2 aromatic carbocycles. The summed E-state index contributed by atoms with van der Waals surface area (Å²) in [6, 6.07) is 12.7. The Morgan fingerprint density at radius 1 is 1.08 bits per heavy atom. The van der Waals surface area contributed by atoms with Crippen LogP contribution in [0.1, 0.15) is 37.5 Å². The Bertz CT molecular complexity index is 777. The summed E-state index contributed by atoms with van der Waals surface area (Å²) in [7, 11) is 0. The zero-order chi connectivity index (χ0) is 17.7. The predicted molar refractivity (Wildman–Crippen MR) is 99.7 cm³/mol. The molecule has 24 heavy (non-hydrogen) atoms. The van der Waals surface area contributed by atoms with E-state index in [1.54, 1.807) is 24.4 Å². The van der Waals surface area contributed by atoms with E-state index >= 15 is 0 Å². The second kappa shape index (κ2) is 7.30. The van der Waals surface area contributed by atoms with Gasteiger partial charge in [0.15, 0.2) is 0 Å². The molecule has 0 saturated carbocycles. The standard InChI is InChI=1S/C20H24N2O2/c1-14-9-10-16(19(24)11-14)12-22-20(3,4)13-21-15(2)17-7-5-6-8-18(17)23/h5-12,23-24H,13H2,1-4H3. The van der Waals surface area contributed by atoms with Crippen LogP contribution < -0.4 is 0 Å². The lowest BCUT2D eigenvalue weighted by Crippen LogP contribution is -2.22. The highest BCUT2D eigenvalue weighted by molar-refractivity contribution is 6.01. The Hall–Kier alpha value is -2.62. The van der Waals surface area contributed by atoms with Gasteiger partial charge in [-0.15, -0.1) is 0 Å². The van der Waals surface area contributed by atoms with Crippen LogP contribution in [0.5, 0.6) is 11.5 Å². The van der Waals surface area contributed by atoms with Gasteiger partial charge < -0.3 is 10.2 Å². The van der Waals surface area contributed by atoms with E-state index < -0.39 is 5.54 Å². The number of rotatable bonds is 5. The molecule has 0 aliphatic rings. The van der Waals surface area contributed by atoms with Crippen LogP contribution in [0.3, 0.4) is 0 Å². The number of phenols is 2. The molecule has 0 aliphatic carbocycles. The van der Waals surface area contributed by atoms with E-state index in [-0.39, 0.29) is 11.5 Å². The van der Waals surface area contributed by atoms with Gasteiger partial charge in [-0.1, -0.05) is 18.2 Å². The Balaban J connectivity index is 2.12. The zero-order valence-electron chi connectivity index (χ0n) is 14.6. The summed E-state index contributed by atoms with van der Waals surface area (Å²) < 4.78 is 0. The molecule has 0 heterocycles. The molecule has 0 unspecified atom stereocenters. The number of aromatic hydroxyl groups is 2. The molecule has 4 nitrogen and oxygen atoms in total. The van der Waals surface area contributed by atoms with Gasteiger partial charge >= 0.3 is 0 Å². The summed E-state index contributed by atoms with van der Waals surface area (Å²) in [5.41, 5.74) is 2.79. The molecule has 0 aromatic heterocycles. The van der Waals surface area contributed by atoms with Crippen LogP contribution in [0.25, 0.3) is 0 Å². The normalized spacial score (nSPS) is 12.8. The van der Waals surface area contributed by atoms with Crippen molar-refractivity contribution in [2.75, 3.05) is 6.54 Å². The van der Waals surface area contributed by atoms with Crippen molar-refractivity contribution < 1.29 is 10.2 Å². The van der Waals surface area contributed by atoms with Crippen molar-refractivity contribution in [3.8, 4) is 11.5 Å². The third kappa shape index (κ3) is 4.69. The average Bonchev–Trinajstić information content (AvgIpc) is 2.52. The monoisotopic (exact) mass is 324 g/mol. The molecule has 2 rings (SSSR count). The van der Waals surface area contributed by atoms with Crippen LogP contribution in [0.4, 0.5) is 0 Å². The molecule has 0 fully saturated rings. The minimum absolute atomic E-state index is 0.225. The maximum atomic E-state index is 9.94. The van der Waals surface area contributed by atoms with E-state index in [1.165, 1.54) is 0 Å². The summed E-state index contributed by atoms with van der Waals surface area (Å²) in [5, 5.41) is 19.8. The Labute approximate surface area is 143 Å². The summed E-state index contributed by atoms with van der Waals surface area (Å²) in [5.74, 6) is 0.452. The van der Waals surface area contributed by atoms with Crippen LogP contribution in [0.2, 0.25) is 0 Å². The number of benzene rings is 2. The van der Waals surface area contributed by atoms with Gasteiger partial charge in [-0.25, -0.2) is 0 Å². The lowest BCUT2D eigenvalue weighted by Gasteiger charge is -2.17. The first-order valence-corrected chi connectivity index (χ1v) is 7.93. The van der Waals surface area contributed by atoms with Gasteiger partial charge in [0.05, 0.1) is 12.1 Å². The van der Waals surface area contributed by atoms with Crippen molar-refractivity contribution in [2.24, 2.45) is 9.98 Å². The van der Waals surface area contributed by atoms with Crippen LogP contribution >= 0.6 is 0 Å². The van der Waals surface area contributed by atoms with E-state index in [0.717, 1.165) is 16.8 Å². The minimum atomic E-state index is -0.414. The van der Waals surface area contributed by atoms with E-state index in [0.29, 0.717) is 12.1 Å². The molecule has 0 atom stereocenters. The second-order valence-corrected chi connectivity index (χ2v) is 6.55. The highest BCUT2D eigenvalue weighted by Gasteiger charge is 2.15. The number of hydrogen-bond acceptors (Lipinski definition) is 4. The van der Waals surface area contributed by atoms with Crippen molar-refractivity contribution in [3.05, 3.63) is 59.2 Å². The number of aryl methyl sites for hydroxylation is 1. The van der Waals surface area contributed by atoms with Crippen molar-refractivity contribution in [2.45, 2.75) is 33.2 Å². The molecule has 0 amide bonds. The van der Waals surface area contributed by atoms with E-state index in [9.17, 15) is 10.2 Å². The summed E-state index contributed by atoms with van der Waals surface area (Å²) in [6.07, 6.45) is 1.68. The molecule has 0 aliphatic heterocycles. The van der Waals surface area contributed by atoms with E-state index in [1.807, 2.05) is 52.0 Å². The van der Waals surface area contributed by atoms with Gasteiger partial charge in [-0.3, -0.25) is 9.98 Å². The maximum absolute atomic E-state index is 9.94. The van der Waals surface area contributed by atoms with Crippen LogP contribution in [-0.2, 0) is 0 Å². The number of nitrogens with zero attached hydrogens (tertiary/aromatic N) is 2. The largest absolute Gasteiger partial charge is 0.507 e. The van der Waals surface area contributed by atoms with Gasteiger partial charge in [-0.05, 0) is 57.5 Å². The second-order valence-electron chi connectivity index (χ2n) is 6.55. The minimum Gasteiger partial charge on any atom is -0.507 e. The molecule has 0 spiro atoms. The highest BCUT2D eigenvalue weighted by atomic mass is 16.3. The van der Waals surface area contributed by atoms with Gasteiger partial charge in [0.2, 0.25) is 0 Å². The lowest BCUT2D eigenvalue weighted by molar-refractivity contribution is 0.473. The quantitative estimate of drug-likeness (QED) is 0.813. The number of para-hydroxylation sites is 1. The number of aliphatic imine (C=N–C) groups is 2. The van der Waals surface area contributed by atoms with Crippen molar-refractivity contribution in [1.29, 1.82) is 0 Å². The Morgan fingerprint density at radius 2 is 1.79 bits per heavy atom. The fourth-order valence-electron chi connectivity index (χ4n) is 2.22. The highest BCUT2D eigenvalue weighted by Crippen LogP contribution is 2.19. The first-order valence-electron chi connectivity index (χ1n) is 7.93. The molecule has 0 saturated heterocycles. The van der Waals surface area contributed by atoms with Crippen molar-refractivity contribution in [1.82, 2.24) is 0 Å². The zero-order valence-corrected chi connectivity index (χ0v) is 14.6.